The summed E-state index contributed by atoms with van der Waals surface area (Å²) in [5.41, 5.74) is 2.64. The molecule has 24 heavy (non-hydrogen) atoms. The highest BCUT2D eigenvalue weighted by molar-refractivity contribution is 8.18. The van der Waals surface area contributed by atoms with Gasteiger partial charge in [0.1, 0.15) is 0 Å². The van der Waals surface area contributed by atoms with Crippen LogP contribution in [0.3, 0.4) is 0 Å². The number of allylic oxidation sites excluding steroid dienone is 1. The van der Waals surface area contributed by atoms with Crippen LogP contribution in [-0.4, -0.2) is 27.5 Å². The van der Waals surface area contributed by atoms with Gasteiger partial charge in [-0.15, -0.1) is 0 Å². The molecule has 0 spiro atoms. The van der Waals surface area contributed by atoms with E-state index in [0.29, 0.717) is 21.6 Å². The van der Waals surface area contributed by atoms with E-state index < -0.39 is 0 Å². The lowest BCUT2D eigenvalue weighted by Crippen LogP contribution is -2.28. The normalized spacial score (nSPS) is 18.4. The van der Waals surface area contributed by atoms with E-state index in [9.17, 15) is 4.79 Å². The molecule has 0 radical (unpaired) electrons. The number of rotatable bonds is 3. The molecule has 1 aromatic heterocycles. The van der Waals surface area contributed by atoms with Crippen molar-refractivity contribution in [2.75, 3.05) is 6.54 Å². The van der Waals surface area contributed by atoms with E-state index in [0.717, 1.165) is 16.8 Å². The number of amidine groups is 1. The van der Waals surface area contributed by atoms with E-state index in [4.69, 9.17) is 11.6 Å². The second-order valence-electron chi connectivity index (χ2n) is 5.22. The molecule has 0 atom stereocenters. The summed E-state index contributed by atoms with van der Waals surface area (Å²) < 4.78 is 0. The van der Waals surface area contributed by atoms with Crippen molar-refractivity contribution in [2.24, 2.45) is 4.99 Å². The van der Waals surface area contributed by atoms with Crippen molar-refractivity contribution in [1.82, 2.24) is 9.88 Å². The maximum atomic E-state index is 12.7. The fourth-order valence-corrected chi connectivity index (χ4v) is 3.61. The van der Waals surface area contributed by atoms with Gasteiger partial charge in [0.25, 0.3) is 5.91 Å². The molecule has 1 aliphatic heterocycles. The first-order valence-electron chi connectivity index (χ1n) is 7.55. The maximum Gasteiger partial charge on any atom is 0.267 e. The molecule has 0 unspecified atom stereocenters. The fraction of sp³-hybridized carbons (Fsp3) is 0.167. The van der Waals surface area contributed by atoms with Gasteiger partial charge >= 0.3 is 0 Å². The second kappa shape index (κ2) is 7.20. The molecule has 0 N–H and O–H groups in total. The second-order valence-corrected chi connectivity index (χ2v) is 6.63. The number of aromatic nitrogens is 1. The van der Waals surface area contributed by atoms with Crippen LogP contribution in [0.5, 0.6) is 0 Å². The standard InChI is InChI=1S/C18H16ClN3OS/c1-3-22-17(23)16(12(2)13-6-8-14(19)9-7-13)24-18(22)21-15-5-4-10-20-11-15/h4-11H,3H2,1-2H3/b16-12-,21-18?. The average Bonchev–Trinajstić information content (AvgIpc) is 2.91. The molecular formula is C18H16ClN3OS. The van der Waals surface area contributed by atoms with Crippen LogP contribution in [0, 0.1) is 0 Å². The zero-order chi connectivity index (χ0) is 17.1. The molecule has 1 aliphatic rings. The maximum absolute atomic E-state index is 12.7. The van der Waals surface area contributed by atoms with Gasteiger partial charge in [-0.05, 0) is 61.0 Å². The first-order chi connectivity index (χ1) is 11.6. The van der Waals surface area contributed by atoms with Crippen molar-refractivity contribution in [2.45, 2.75) is 13.8 Å². The highest BCUT2D eigenvalue weighted by Gasteiger charge is 2.33. The number of pyridine rings is 1. The van der Waals surface area contributed by atoms with Crippen molar-refractivity contribution in [3.63, 3.8) is 0 Å². The molecule has 3 rings (SSSR count). The van der Waals surface area contributed by atoms with Crippen molar-refractivity contribution >= 4 is 45.7 Å². The Morgan fingerprint density at radius 3 is 2.67 bits per heavy atom. The van der Waals surface area contributed by atoms with Gasteiger partial charge < -0.3 is 0 Å². The predicted molar refractivity (Wildman–Crippen MR) is 100 cm³/mol. The summed E-state index contributed by atoms with van der Waals surface area (Å²) >= 11 is 7.34. The van der Waals surface area contributed by atoms with Crippen LogP contribution < -0.4 is 0 Å². The summed E-state index contributed by atoms with van der Waals surface area (Å²) in [6, 6.07) is 11.2. The quantitative estimate of drug-likeness (QED) is 0.745. The van der Waals surface area contributed by atoms with Gasteiger partial charge in [0.05, 0.1) is 16.8 Å². The number of halogens is 1. The molecule has 4 nitrogen and oxygen atoms in total. The van der Waals surface area contributed by atoms with Crippen molar-refractivity contribution in [3.05, 3.63) is 64.3 Å². The van der Waals surface area contributed by atoms with Gasteiger partial charge in [0.2, 0.25) is 0 Å². The predicted octanol–water partition coefficient (Wildman–Crippen LogP) is 4.75. The Hall–Kier alpha value is -2.11. The van der Waals surface area contributed by atoms with Crippen LogP contribution in [-0.2, 0) is 4.79 Å². The highest BCUT2D eigenvalue weighted by Crippen LogP contribution is 2.37. The smallest absolute Gasteiger partial charge is 0.267 e. The molecule has 1 amide bonds. The first kappa shape index (κ1) is 16.7. The summed E-state index contributed by atoms with van der Waals surface area (Å²) in [5.74, 6) is -0.0161. The number of aliphatic imine (C=N–C) groups is 1. The Morgan fingerprint density at radius 2 is 2.04 bits per heavy atom. The third-order valence-electron chi connectivity index (χ3n) is 3.67. The van der Waals surface area contributed by atoms with E-state index in [2.05, 4.69) is 9.98 Å². The third kappa shape index (κ3) is 3.37. The fourth-order valence-electron chi connectivity index (χ4n) is 2.36. The summed E-state index contributed by atoms with van der Waals surface area (Å²) in [4.78, 5) is 23.8. The summed E-state index contributed by atoms with van der Waals surface area (Å²) in [6.45, 7) is 4.46. The van der Waals surface area contributed by atoms with Gasteiger partial charge in [-0.1, -0.05) is 23.7 Å². The Morgan fingerprint density at radius 1 is 1.29 bits per heavy atom. The van der Waals surface area contributed by atoms with Crippen molar-refractivity contribution < 1.29 is 4.79 Å². The number of benzene rings is 1. The number of thioether (sulfide) groups is 1. The van der Waals surface area contributed by atoms with Crippen LogP contribution in [0.2, 0.25) is 5.02 Å². The van der Waals surface area contributed by atoms with Gasteiger partial charge in [-0.25, -0.2) is 4.99 Å². The van der Waals surface area contributed by atoms with Crippen molar-refractivity contribution in [1.29, 1.82) is 0 Å². The molecule has 1 aromatic carbocycles. The minimum absolute atomic E-state index is 0.0161. The molecular weight excluding hydrogens is 342 g/mol. The summed E-state index contributed by atoms with van der Waals surface area (Å²) in [5, 5.41) is 1.36. The number of hydrogen-bond donors (Lipinski definition) is 0. The van der Waals surface area contributed by atoms with E-state index in [-0.39, 0.29) is 5.91 Å². The topological polar surface area (TPSA) is 45.6 Å². The minimum Gasteiger partial charge on any atom is -0.287 e. The van der Waals surface area contributed by atoms with Gasteiger partial charge in [0, 0.05) is 17.8 Å². The molecule has 1 saturated heterocycles. The average molecular weight is 358 g/mol. The minimum atomic E-state index is -0.0161. The lowest BCUT2D eigenvalue weighted by Gasteiger charge is -2.12. The molecule has 122 valence electrons. The monoisotopic (exact) mass is 357 g/mol. The Balaban J connectivity index is 1.99. The third-order valence-corrected chi connectivity index (χ3v) is 5.10. The molecule has 0 saturated carbocycles. The van der Waals surface area contributed by atoms with Crippen LogP contribution in [0.4, 0.5) is 5.69 Å². The largest absolute Gasteiger partial charge is 0.287 e. The Bertz CT molecular complexity index is 816. The van der Waals surface area contributed by atoms with E-state index in [1.807, 2.05) is 50.2 Å². The molecule has 6 heteroatoms. The van der Waals surface area contributed by atoms with Gasteiger partial charge in [0.15, 0.2) is 5.17 Å². The molecule has 0 aliphatic carbocycles. The van der Waals surface area contributed by atoms with Gasteiger partial charge in [-0.2, -0.15) is 0 Å². The van der Waals surface area contributed by atoms with Gasteiger partial charge in [-0.3, -0.25) is 14.7 Å². The first-order valence-corrected chi connectivity index (χ1v) is 8.75. The molecule has 2 heterocycles. The zero-order valence-corrected chi connectivity index (χ0v) is 14.9. The number of nitrogens with zero attached hydrogens (tertiary/aromatic N) is 3. The highest BCUT2D eigenvalue weighted by atomic mass is 35.5. The Labute approximate surface area is 150 Å². The van der Waals surface area contributed by atoms with Crippen LogP contribution >= 0.6 is 23.4 Å². The number of amides is 1. The SMILES string of the molecule is CCN1C(=O)/C(=C(\C)c2ccc(Cl)cc2)SC1=Nc1cccnc1. The summed E-state index contributed by atoms with van der Waals surface area (Å²) in [6.07, 6.45) is 3.38. The van der Waals surface area contributed by atoms with E-state index in [1.54, 1.807) is 17.3 Å². The van der Waals surface area contributed by atoms with E-state index >= 15 is 0 Å². The number of likely N-dealkylation sites (N-methyl/N-ethyl adjacent to an activating group) is 1. The molecule has 1 fully saturated rings. The lowest BCUT2D eigenvalue weighted by molar-refractivity contribution is -0.122. The number of carbonyl (C=O) groups is 1. The number of carbonyl (C=O) groups excluding carboxylic acids is 1. The Kier molecular flexibility index (Phi) is 5.02. The molecule has 2 aromatic rings. The van der Waals surface area contributed by atoms with E-state index in [1.165, 1.54) is 11.8 Å². The molecule has 0 bridgehead atoms. The van der Waals surface area contributed by atoms with Crippen molar-refractivity contribution in [3.8, 4) is 0 Å². The zero-order valence-electron chi connectivity index (χ0n) is 13.4. The van der Waals surface area contributed by atoms with Crippen LogP contribution in [0.15, 0.2) is 58.7 Å². The lowest BCUT2D eigenvalue weighted by atomic mass is 10.1. The van der Waals surface area contributed by atoms with Crippen LogP contribution in [0.1, 0.15) is 19.4 Å². The number of hydrogen-bond acceptors (Lipinski definition) is 4. The summed E-state index contributed by atoms with van der Waals surface area (Å²) in [7, 11) is 0. The van der Waals surface area contributed by atoms with Crippen LogP contribution in [0.25, 0.3) is 5.57 Å².